The van der Waals surface area contributed by atoms with Gasteiger partial charge in [0, 0.05) is 0 Å². The molecule has 30 heavy (non-hydrogen) atoms. The van der Waals surface area contributed by atoms with Gasteiger partial charge in [-0.3, -0.25) is 0 Å². The molecule has 3 aromatic rings. The van der Waals surface area contributed by atoms with Gasteiger partial charge in [-0.05, 0) is 22.3 Å². The standard InChI is InChI=1S/C24H30N2O3Si/c1-18-21(23(28-5)26-22(16-27)25-18)17-29-30(24(2,3)4,19-12-8-6-9-13-19)20-14-10-7-11-15-20/h6-15,27H,16-17H2,1-5H3. The highest BCUT2D eigenvalue weighted by molar-refractivity contribution is 6.99. The first-order valence-corrected chi connectivity index (χ1v) is 12.0. The van der Waals surface area contributed by atoms with Gasteiger partial charge in [0.2, 0.25) is 5.88 Å². The van der Waals surface area contributed by atoms with Crippen molar-refractivity contribution in [3.05, 3.63) is 77.7 Å². The quantitative estimate of drug-likeness (QED) is 0.592. The van der Waals surface area contributed by atoms with Crippen LogP contribution in [-0.4, -0.2) is 30.5 Å². The van der Waals surface area contributed by atoms with Crippen molar-refractivity contribution in [2.45, 2.75) is 45.9 Å². The molecule has 158 valence electrons. The molecule has 0 unspecified atom stereocenters. The second-order valence-corrected chi connectivity index (χ2v) is 12.6. The molecule has 0 saturated carbocycles. The van der Waals surface area contributed by atoms with E-state index in [4.69, 9.17) is 9.16 Å². The molecule has 1 aromatic heterocycles. The first-order chi connectivity index (χ1) is 14.3. The summed E-state index contributed by atoms with van der Waals surface area (Å²) in [6.07, 6.45) is 0. The number of nitrogens with zero attached hydrogens (tertiary/aromatic N) is 2. The van der Waals surface area contributed by atoms with Crippen molar-refractivity contribution >= 4 is 18.7 Å². The van der Waals surface area contributed by atoms with Gasteiger partial charge in [0.1, 0.15) is 6.61 Å². The Hall–Kier alpha value is -2.54. The van der Waals surface area contributed by atoms with Crippen LogP contribution >= 0.6 is 0 Å². The Morgan fingerprint density at radius 3 is 1.87 bits per heavy atom. The van der Waals surface area contributed by atoms with E-state index in [1.807, 2.05) is 19.1 Å². The molecule has 0 fully saturated rings. The molecule has 0 spiro atoms. The molecule has 0 radical (unpaired) electrons. The van der Waals surface area contributed by atoms with Crippen LogP contribution in [0.15, 0.2) is 60.7 Å². The van der Waals surface area contributed by atoms with Gasteiger partial charge in [0.15, 0.2) is 5.82 Å². The normalized spacial score (nSPS) is 12.1. The Bertz CT molecular complexity index is 933. The number of methoxy groups -OCH3 is 1. The number of hydrogen-bond acceptors (Lipinski definition) is 5. The molecule has 0 atom stereocenters. The summed E-state index contributed by atoms with van der Waals surface area (Å²) in [6, 6.07) is 21.0. The fraction of sp³-hybridized carbons (Fsp3) is 0.333. The van der Waals surface area contributed by atoms with Crippen LogP contribution in [0.4, 0.5) is 0 Å². The first-order valence-electron chi connectivity index (χ1n) is 10.1. The summed E-state index contributed by atoms with van der Waals surface area (Å²) in [5, 5.41) is 11.7. The van der Waals surface area contributed by atoms with Crippen molar-refractivity contribution in [2.75, 3.05) is 7.11 Å². The molecule has 0 aliphatic heterocycles. The third-order valence-corrected chi connectivity index (χ3v) is 10.4. The summed E-state index contributed by atoms with van der Waals surface area (Å²) in [7, 11) is -1.09. The number of aryl methyl sites for hydroxylation is 1. The molecule has 1 N–H and O–H groups in total. The van der Waals surface area contributed by atoms with Crippen molar-refractivity contribution in [3.63, 3.8) is 0 Å². The Kier molecular flexibility index (Phi) is 6.70. The Labute approximate surface area is 179 Å². The van der Waals surface area contributed by atoms with Crippen LogP contribution in [0.2, 0.25) is 5.04 Å². The molecule has 2 aromatic carbocycles. The van der Waals surface area contributed by atoms with Crippen molar-refractivity contribution in [2.24, 2.45) is 0 Å². The van der Waals surface area contributed by atoms with Crippen molar-refractivity contribution < 1.29 is 14.3 Å². The topological polar surface area (TPSA) is 64.5 Å². The SMILES string of the molecule is COc1nc(CO)nc(C)c1CO[Si](c1ccccc1)(c1ccccc1)C(C)(C)C. The number of aromatic nitrogens is 2. The molecule has 1 heterocycles. The summed E-state index contributed by atoms with van der Waals surface area (Å²) >= 11 is 0. The molecule has 6 heteroatoms. The highest BCUT2D eigenvalue weighted by Gasteiger charge is 2.50. The van der Waals surface area contributed by atoms with E-state index in [9.17, 15) is 5.11 Å². The first kappa shape index (κ1) is 22.1. The lowest BCUT2D eigenvalue weighted by atomic mass is 10.2. The Balaban J connectivity index is 2.14. The second-order valence-electron chi connectivity index (χ2n) is 8.32. The van der Waals surface area contributed by atoms with Gasteiger partial charge in [-0.2, -0.15) is 4.98 Å². The lowest BCUT2D eigenvalue weighted by molar-refractivity contribution is 0.259. The second kappa shape index (κ2) is 9.08. The summed E-state index contributed by atoms with van der Waals surface area (Å²) in [5.41, 5.74) is 1.56. The van der Waals surface area contributed by atoms with Crippen molar-refractivity contribution in [3.8, 4) is 5.88 Å². The Morgan fingerprint density at radius 1 is 0.900 bits per heavy atom. The third kappa shape index (κ3) is 4.17. The van der Waals surface area contributed by atoms with Gasteiger partial charge in [0.25, 0.3) is 8.32 Å². The average Bonchev–Trinajstić information content (AvgIpc) is 2.75. The van der Waals surface area contributed by atoms with Crippen molar-refractivity contribution in [1.82, 2.24) is 9.97 Å². The Morgan fingerprint density at radius 2 is 1.43 bits per heavy atom. The average molecular weight is 423 g/mol. The lowest BCUT2D eigenvalue weighted by Crippen LogP contribution is -2.66. The summed E-state index contributed by atoms with van der Waals surface area (Å²) in [6.45, 7) is 8.73. The largest absolute Gasteiger partial charge is 0.481 e. The van der Waals surface area contributed by atoms with Crippen LogP contribution in [0, 0.1) is 6.92 Å². The number of aliphatic hydroxyl groups is 1. The van der Waals surface area contributed by atoms with E-state index in [0.717, 1.165) is 11.3 Å². The maximum absolute atomic E-state index is 9.43. The number of aliphatic hydroxyl groups excluding tert-OH is 1. The van der Waals surface area contributed by atoms with Gasteiger partial charge >= 0.3 is 0 Å². The molecule has 3 rings (SSSR count). The molecular weight excluding hydrogens is 392 g/mol. The maximum Gasteiger partial charge on any atom is 0.261 e. The molecule has 0 bridgehead atoms. The fourth-order valence-corrected chi connectivity index (χ4v) is 8.49. The minimum atomic E-state index is -2.67. The predicted octanol–water partition coefficient (Wildman–Crippen LogP) is 3.36. The van der Waals surface area contributed by atoms with Crippen LogP contribution in [0.25, 0.3) is 0 Å². The van der Waals surface area contributed by atoms with E-state index >= 15 is 0 Å². The van der Waals surface area contributed by atoms with Crippen LogP contribution in [-0.2, 0) is 17.6 Å². The van der Waals surface area contributed by atoms with Crippen molar-refractivity contribution in [1.29, 1.82) is 0 Å². The molecular formula is C24H30N2O3Si. The molecule has 0 saturated heterocycles. The summed E-state index contributed by atoms with van der Waals surface area (Å²) < 4.78 is 12.5. The van der Waals surface area contributed by atoms with Gasteiger partial charge < -0.3 is 14.3 Å². The zero-order valence-corrected chi connectivity index (χ0v) is 19.3. The van der Waals surface area contributed by atoms with E-state index in [0.29, 0.717) is 18.3 Å². The van der Waals surface area contributed by atoms with E-state index in [-0.39, 0.29) is 11.6 Å². The smallest absolute Gasteiger partial charge is 0.261 e. The van der Waals surface area contributed by atoms with E-state index in [1.54, 1.807) is 7.11 Å². The van der Waals surface area contributed by atoms with Crippen LogP contribution in [0.5, 0.6) is 5.88 Å². The van der Waals surface area contributed by atoms with Crippen LogP contribution in [0.3, 0.4) is 0 Å². The van der Waals surface area contributed by atoms with E-state index in [2.05, 4.69) is 79.3 Å². The fourth-order valence-electron chi connectivity index (χ4n) is 3.97. The molecule has 5 nitrogen and oxygen atoms in total. The highest BCUT2D eigenvalue weighted by Crippen LogP contribution is 2.37. The zero-order valence-electron chi connectivity index (χ0n) is 18.3. The number of benzene rings is 2. The van der Waals surface area contributed by atoms with Gasteiger partial charge in [0.05, 0.1) is 25.0 Å². The lowest BCUT2D eigenvalue weighted by Gasteiger charge is -2.43. The van der Waals surface area contributed by atoms with Crippen LogP contribution < -0.4 is 15.1 Å². The minimum absolute atomic E-state index is 0.122. The maximum atomic E-state index is 9.43. The number of rotatable bonds is 7. The van der Waals surface area contributed by atoms with Gasteiger partial charge in [-0.1, -0.05) is 81.4 Å². The summed E-state index contributed by atoms with van der Waals surface area (Å²) in [5.74, 6) is 0.794. The summed E-state index contributed by atoms with van der Waals surface area (Å²) in [4.78, 5) is 8.73. The van der Waals surface area contributed by atoms with E-state index < -0.39 is 8.32 Å². The monoisotopic (exact) mass is 422 g/mol. The van der Waals surface area contributed by atoms with Gasteiger partial charge in [-0.25, -0.2) is 4.98 Å². The highest BCUT2D eigenvalue weighted by atomic mass is 28.4. The molecule has 0 aliphatic carbocycles. The van der Waals surface area contributed by atoms with Crippen LogP contribution in [0.1, 0.15) is 37.9 Å². The minimum Gasteiger partial charge on any atom is -0.481 e. The molecule has 0 aliphatic rings. The zero-order chi connectivity index (χ0) is 21.8. The predicted molar refractivity (Wildman–Crippen MR) is 122 cm³/mol. The van der Waals surface area contributed by atoms with Gasteiger partial charge in [-0.15, -0.1) is 0 Å². The number of hydrogen-bond donors (Lipinski definition) is 1. The molecule has 0 amide bonds. The third-order valence-electron chi connectivity index (χ3n) is 5.41. The van der Waals surface area contributed by atoms with E-state index in [1.165, 1.54) is 10.4 Å². The number of ether oxygens (including phenoxy) is 1.